The van der Waals surface area contributed by atoms with E-state index in [0.717, 1.165) is 42.6 Å². The number of rotatable bonds is 4. The summed E-state index contributed by atoms with van der Waals surface area (Å²) in [5, 5.41) is 5.09. The second-order valence-corrected chi connectivity index (χ2v) is 6.32. The van der Waals surface area contributed by atoms with Crippen LogP contribution in [0.15, 0.2) is 12.3 Å². The third-order valence-corrected chi connectivity index (χ3v) is 4.08. The van der Waals surface area contributed by atoms with Crippen molar-refractivity contribution in [3.05, 3.63) is 23.5 Å². The number of carbonyl (C=O) groups excluding carboxylic acids is 1. The predicted octanol–water partition coefficient (Wildman–Crippen LogP) is 3.05. The van der Waals surface area contributed by atoms with Crippen molar-refractivity contribution in [1.29, 1.82) is 0 Å². The highest BCUT2D eigenvalue weighted by molar-refractivity contribution is 6.02. The number of esters is 1. The summed E-state index contributed by atoms with van der Waals surface area (Å²) in [5.41, 5.74) is 2.02. The molecule has 3 rings (SSSR count). The Morgan fingerprint density at radius 2 is 2.30 bits per heavy atom. The van der Waals surface area contributed by atoms with Crippen LogP contribution in [0.5, 0.6) is 0 Å². The molecule has 0 amide bonds. The Bertz CT molecular complexity index is 702. The maximum atomic E-state index is 12.5. The van der Waals surface area contributed by atoms with Crippen molar-refractivity contribution in [2.45, 2.75) is 52.2 Å². The smallest absolute Gasteiger partial charge is 0.339 e. The first-order valence-electron chi connectivity index (χ1n) is 8.20. The Kier molecular flexibility index (Phi) is 4.61. The van der Waals surface area contributed by atoms with Crippen LogP contribution in [0.3, 0.4) is 0 Å². The fourth-order valence-electron chi connectivity index (χ4n) is 2.88. The van der Waals surface area contributed by atoms with E-state index >= 15 is 0 Å². The first kappa shape index (κ1) is 15.9. The molecule has 0 saturated carbocycles. The highest BCUT2D eigenvalue weighted by Gasteiger charge is 2.20. The van der Waals surface area contributed by atoms with Crippen molar-refractivity contribution in [3.8, 4) is 0 Å². The van der Waals surface area contributed by atoms with Gasteiger partial charge >= 0.3 is 5.97 Å². The summed E-state index contributed by atoms with van der Waals surface area (Å²) in [6.45, 7) is 7.00. The molecule has 0 aliphatic carbocycles. The Morgan fingerprint density at radius 3 is 3.00 bits per heavy atom. The van der Waals surface area contributed by atoms with Gasteiger partial charge in [-0.1, -0.05) is 0 Å². The van der Waals surface area contributed by atoms with E-state index in [1.807, 2.05) is 25.5 Å². The van der Waals surface area contributed by atoms with Gasteiger partial charge in [-0.15, -0.1) is 0 Å². The SMILES string of the molecule is Cc1cc(C(=O)OCC2CCCCO2)c2cnn(C(C)C)c2n1. The summed E-state index contributed by atoms with van der Waals surface area (Å²) < 4.78 is 12.9. The van der Waals surface area contributed by atoms with Crippen LogP contribution in [0.4, 0.5) is 0 Å². The normalized spacial score (nSPS) is 18.5. The lowest BCUT2D eigenvalue weighted by Crippen LogP contribution is -2.26. The van der Waals surface area contributed by atoms with E-state index in [2.05, 4.69) is 10.1 Å². The molecular weight excluding hydrogens is 294 g/mol. The quantitative estimate of drug-likeness (QED) is 0.811. The van der Waals surface area contributed by atoms with E-state index in [9.17, 15) is 4.79 Å². The van der Waals surface area contributed by atoms with E-state index in [-0.39, 0.29) is 18.1 Å². The lowest BCUT2D eigenvalue weighted by atomic mass is 10.1. The zero-order valence-electron chi connectivity index (χ0n) is 13.9. The van der Waals surface area contributed by atoms with E-state index in [1.165, 1.54) is 0 Å². The molecule has 23 heavy (non-hydrogen) atoms. The number of fused-ring (bicyclic) bond motifs is 1. The number of hydrogen-bond acceptors (Lipinski definition) is 5. The molecular formula is C17H23N3O3. The number of hydrogen-bond donors (Lipinski definition) is 0. The minimum atomic E-state index is -0.335. The number of nitrogens with zero attached hydrogens (tertiary/aromatic N) is 3. The number of aromatic nitrogens is 3. The van der Waals surface area contributed by atoms with Gasteiger partial charge in [0, 0.05) is 18.3 Å². The summed E-state index contributed by atoms with van der Waals surface area (Å²) >= 11 is 0. The standard InChI is InChI=1S/C17H23N3O3/c1-11(2)20-16-15(9-18-20)14(8-12(3)19-16)17(21)23-10-13-6-4-5-7-22-13/h8-9,11,13H,4-7,10H2,1-3H3. The summed E-state index contributed by atoms with van der Waals surface area (Å²) in [4.78, 5) is 17.0. The molecule has 1 fully saturated rings. The van der Waals surface area contributed by atoms with Crippen molar-refractivity contribution in [2.24, 2.45) is 0 Å². The first-order chi connectivity index (χ1) is 11.1. The fourth-order valence-corrected chi connectivity index (χ4v) is 2.88. The lowest BCUT2D eigenvalue weighted by Gasteiger charge is -2.22. The summed E-state index contributed by atoms with van der Waals surface area (Å²) in [6.07, 6.45) is 4.87. The van der Waals surface area contributed by atoms with Crippen LogP contribution < -0.4 is 0 Å². The number of ether oxygens (including phenoxy) is 2. The van der Waals surface area contributed by atoms with Gasteiger partial charge in [-0.25, -0.2) is 14.5 Å². The van der Waals surface area contributed by atoms with Gasteiger partial charge in [0.15, 0.2) is 5.65 Å². The molecule has 124 valence electrons. The fraction of sp³-hybridized carbons (Fsp3) is 0.588. The predicted molar refractivity (Wildman–Crippen MR) is 86.5 cm³/mol. The zero-order chi connectivity index (χ0) is 16.4. The van der Waals surface area contributed by atoms with E-state index in [1.54, 1.807) is 12.3 Å². The molecule has 6 nitrogen and oxygen atoms in total. The number of aryl methyl sites for hydroxylation is 1. The van der Waals surface area contributed by atoms with Crippen LogP contribution in [-0.4, -0.2) is 40.1 Å². The van der Waals surface area contributed by atoms with Gasteiger partial charge in [-0.2, -0.15) is 5.10 Å². The van der Waals surface area contributed by atoms with Crippen LogP contribution in [0.2, 0.25) is 0 Å². The van der Waals surface area contributed by atoms with E-state index in [4.69, 9.17) is 9.47 Å². The average Bonchev–Trinajstić information content (AvgIpc) is 2.96. The lowest BCUT2D eigenvalue weighted by molar-refractivity contribution is -0.0299. The Balaban J connectivity index is 1.82. The molecule has 0 bridgehead atoms. The van der Waals surface area contributed by atoms with Crippen molar-refractivity contribution < 1.29 is 14.3 Å². The third-order valence-electron chi connectivity index (χ3n) is 4.08. The number of pyridine rings is 1. The molecule has 2 aromatic rings. The molecule has 6 heteroatoms. The van der Waals surface area contributed by atoms with Crippen LogP contribution >= 0.6 is 0 Å². The molecule has 0 N–H and O–H groups in total. The van der Waals surface area contributed by atoms with Gasteiger partial charge in [0.2, 0.25) is 0 Å². The van der Waals surface area contributed by atoms with Crippen LogP contribution in [0.1, 0.15) is 55.2 Å². The minimum Gasteiger partial charge on any atom is -0.459 e. The van der Waals surface area contributed by atoms with Gasteiger partial charge in [0.05, 0.1) is 23.3 Å². The monoisotopic (exact) mass is 317 g/mol. The molecule has 3 heterocycles. The topological polar surface area (TPSA) is 66.2 Å². The van der Waals surface area contributed by atoms with Crippen LogP contribution in [-0.2, 0) is 9.47 Å². The molecule has 0 spiro atoms. The highest BCUT2D eigenvalue weighted by atomic mass is 16.6. The molecule has 1 aliphatic heterocycles. The van der Waals surface area contributed by atoms with Gasteiger partial charge in [-0.3, -0.25) is 0 Å². The van der Waals surface area contributed by atoms with E-state index < -0.39 is 0 Å². The maximum Gasteiger partial charge on any atom is 0.339 e. The van der Waals surface area contributed by atoms with Gasteiger partial charge in [0.1, 0.15) is 6.61 Å². The molecule has 1 saturated heterocycles. The summed E-state index contributed by atoms with van der Waals surface area (Å²) in [6, 6.07) is 1.94. The largest absolute Gasteiger partial charge is 0.459 e. The summed E-state index contributed by atoms with van der Waals surface area (Å²) in [7, 11) is 0. The van der Waals surface area contributed by atoms with Gasteiger partial charge in [0.25, 0.3) is 0 Å². The minimum absolute atomic E-state index is 0.0181. The molecule has 0 aromatic carbocycles. The second-order valence-electron chi connectivity index (χ2n) is 6.32. The highest BCUT2D eigenvalue weighted by Crippen LogP contribution is 2.22. The Hall–Kier alpha value is -1.95. The number of carbonyl (C=O) groups is 1. The second kappa shape index (κ2) is 6.66. The molecule has 2 aromatic heterocycles. The molecule has 1 atom stereocenters. The van der Waals surface area contributed by atoms with Crippen LogP contribution in [0.25, 0.3) is 11.0 Å². The van der Waals surface area contributed by atoms with E-state index in [0.29, 0.717) is 12.2 Å². The van der Waals surface area contributed by atoms with Crippen molar-refractivity contribution >= 4 is 17.0 Å². The molecule has 0 radical (unpaired) electrons. The maximum absolute atomic E-state index is 12.5. The van der Waals surface area contributed by atoms with Gasteiger partial charge < -0.3 is 9.47 Å². The van der Waals surface area contributed by atoms with Crippen LogP contribution in [0, 0.1) is 6.92 Å². The summed E-state index contributed by atoms with van der Waals surface area (Å²) in [5.74, 6) is -0.335. The molecule has 1 aliphatic rings. The Morgan fingerprint density at radius 1 is 1.48 bits per heavy atom. The average molecular weight is 317 g/mol. The molecule has 1 unspecified atom stereocenters. The zero-order valence-corrected chi connectivity index (χ0v) is 13.9. The van der Waals surface area contributed by atoms with Crippen molar-refractivity contribution in [2.75, 3.05) is 13.2 Å². The first-order valence-corrected chi connectivity index (χ1v) is 8.20. The van der Waals surface area contributed by atoms with Crippen molar-refractivity contribution in [3.63, 3.8) is 0 Å². The van der Waals surface area contributed by atoms with Gasteiger partial charge in [-0.05, 0) is 46.1 Å². The third kappa shape index (κ3) is 3.37. The van der Waals surface area contributed by atoms with Crippen molar-refractivity contribution in [1.82, 2.24) is 14.8 Å². The Labute approximate surface area is 135 Å².